The van der Waals surface area contributed by atoms with E-state index in [1.165, 1.54) is 17.3 Å². The maximum absolute atomic E-state index is 12.8. The van der Waals surface area contributed by atoms with Gasteiger partial charge in [0.15, 0.2) is 22.8 Å². The number of likely N-dealkylation sites (N-methyl/N-ethyl adjacent to an activating group) is 1. The van der Waals surface area contributed by atoms with Crippen molar-refractivity contribution in [3.8, 4) is 11.5 Å². The molecule has 1 amide bonds. The molecule has 0 bridgehead atoms. The Morgan fingerprint density at radius 2 is 1.84 bits per heavy atom. The van der Waals surface area contributed by atoms with Crippen LogP contribution in [0.1, 0.15) is 30.1 Å². The van der Waals surface area contributed by atoms with E-state index in [-0.39, 0.29) is 12.0 Å². The topological polar surface area (TPSA) is 69.5 Å². The van der Waals surface area contributed by atoms with Crippen molar-refractivity contribution in [2.24, 2.45) is 0 Å². The first-order chi connectivity index (χ1) is 15.7. The average Bonchev–Trinajstić information content (AvgIpc) is 3.59. The Balaban J connectivity index is 1.19. The summed E-state index contributed by atoms with van der Waals surface area (Å²) < 4.78 is 13.9. The molecule has 2 aliphatic rings. The zero-order valence-electron chi connectivity index (χ0n) is 18.0. The van der Waals surface area contributed by atoms with Gasteiger partial charge in [0.25, 0.3) is 0 Å². The lowest BCUT2D eigenvalue weighted by Crippen LogP contribution is -2.42. The molecule has 2 heterocycles. The van der Waals surface area contributed by atoms with E-state index in [0.29, 0.717) is 24.8 Å². The first kappa shape index (κ1) is 20.9. The first-order valence-corrected chi connectivity index (χ1v) is 11.9. The number of ether oxygens (including phenoxy) is 2. The number of para-hydroxylation sites is 2. The van der Waals surface area contributed by atoms with E-state index < -0.39 is 0 Å². The van der Waals surface area contributed by atoms with Crippen LogP contribution in [0.3, 0.4) is 0 Å². The number of benzene rings is 2. The Kier molecular flexibility index (Phi) is 6.03. The van der Waals surface area contributed by atoms with Gasteiger partial charge in [0.05, 0.1) is 18.8 Å². The molecule has 1 aliphatic heterocycles. The molecule has 8 heteroatoms. The number of fused-ring (bicyclic) bond motifs is 1. The third-order valence-corrected chi connectivity index (χ3v) is 6.62. The Morgan fingerprint density at radius 1 is 1.09 bits per heavy atom. The molecule has 32 heavy (non-hydrogen) atoms. The summed E-state index contributed by atoms with van der Waals surface area (Å²) in [7, 11) is 1.80. The summed E-state index contributed by atoms with van der Waals surface area (Å²) in [5.74, 6) is 3.32. The fourth-order valence-electron chi connectivity index (χ4n) is 3.76. The van der Waals surface area contributed by atoms with Crippen LogP contribution in [0.4, 0.5) is 0 Å². The van der Waals surface area contributed by atoms with Crippen molar-refractivity contribution in [1.29, 1.82) is 0 Å². The fourth-order valence-corrected chi connectivity index (χ4v) is 4.65. The molecule has 1 atom stereocenters. The van der Waals surface area contributed by atoms with Crippen molar-refractivity contribution in [1.82, 2.24) is 19.7 Å². The molecule has 0 saturated heterocycles. The predicted molar refractivity (Wildman–Crippen MR) is 122 cm³/mol. The highest BCUT2D eigenvalue weighted by molar-refractivity contribution is 7.99. The lowest BCUT2D eigenvalue weighted by Gasteiger charge is -2.29. The van der Waals surface area contributed by atoms with Gasteiger partial charge in [-0.1, -0.05) is 54.2 Å². The van der Waals surface area contributed by atoms with E-state index in [0.717, 1.165) is 41.9 Å². The van der Waals surface area contributed by atoms with E-state index in [4.69, 9.17) is 9.47 Å². The van der Waals surface area contributed by atoms with E-state index >= 15 is 0 Å². The van der Waals surface area contributed by atoms with Crippen molar-refractivity contribution < 1.29 is 14.3 Å². The first-order valence-electron chi connectivity index (χ1n) is 10.9. The van der Waals surface area contributed by atoms with Crippen LogP contribution in [0.15, 0.2) is 59.8 Å². The number of carbonyl (C=O) groups excluding carboxylic acids is 1. The maximum Gasteiger partial charge on any atom is 0.232 e. The predicted octanol–water partition coefficient (Wildman–Crippen LogP) is 3.59. The minimum absolute atomic E-state index is 0.0275. The zero-order valence-corrected chi connectivity index (χ0v) is 18.8. The average molecular weight is 451 g/mol. The van der Waals surface area contributed by atoms with Gasteiger partial charge in [-0.15, -0.1) is 10.2 Å². The summed E-state index contributed by atoms with van der Waals surface area (Å²) >= 11 is 1.45. The third kappa shape index (κ3) is 4.75. The molecule has 0 radical (unpaired) electrons. The molecule has 0 unspecified atom stereocenters. The number of amides is 1. The minimum atomic E-state index is -0.188. The molecule has 3 aromatic rings. The van der Waals surface area contributed by atoms with Crippen LogP contribution >= 0.6 is 11.8 Å². The van der Waals surface area contributed by atoms with Gasteiger partial charge < -0.3 is 18.9 Å². The summed E-state index contributed by atoms with van der Waals surface area (Å²) in [6, 6.07) is 17.9. The standard InChI is InChI=1S/C24H26N4O3S/c1-27(14-19-15-30-20-9-5-6-10-21(20)31-19)22(29)16-32-24-26-25-23(18-11-12-18)28(24)13-17-7-3-2-4-8-17/h2-10,18-19H,11-16H2,1H3/t19-/m0/s1. The van der Waals surface area contributed by atoms with Gasteiger partial charge in [-0.25, -0.2) is 0 Å². The van der Waals surface area contributed by atoms with Gasteiger partial charge in [-0.05, 0) is 30.5 Å². The lowest BCUT2D eigenvalue weighted by molar-refractivity contribution is -0.128. The van der Waals surface area contributed by atoms with Crippen LogP contribution in [0.5, 0.6) is 11.5 Å². The second kappa shape index (κ2) is 9.24. The number of hydrogen-bond donors (Lipinski definition) is 0. The molecule has 166 valence electrons. The van der Waals surface area contributed by atoms with Crippen LogP contribution in [0.2, 0.25) is 0 Å². The van der Waals surface area contributed by atoms with Crippen LogP contribution in [-0.4, -0.2) is 57.6 Å². The largest absolute Gasteiger partial charge is 0.486 e. The molecular weight excluding hydrogens is 424 g/mol. The summed E-state index contributed by atoms with van der Waals surface area (Å²) in [5.41, 5.74) is 1.20. The van der Waals surface area contributed by atoms with E-state index in [1.807, 2.05) is 42.5 Å². The van der Waals surface area contributed by atoms with E-state index in [9.17, 15) is 4.79 Å². The second-order valence-electron chi connectivity index (χ2n) is 8.25. The molecular formula is C24H26N4O3S. The molecule has 0 N–H and O–H groups in total. The SMILES string of the molecule is CN(C[C@H]1COc2ccccc2O1)C(=O)CSc1nnc(C2CC2)n1Cc1ccccc1. The van der Waals surface area contributed by atoms with E-state index in [1.54, 1.807) is 11.9 Å². The Labute approximate surface area is 191 Å². The third-order valence-electron chi connectivity index (χ3n) is 5.67. The minimum Gasteiger partial charge on any atom is -0.486 e. The quantitative estimate of drug-likeness (QED) is 0.489. The van der Waals surface area contributed by atoms with Crippen LogP contribution in [0.25, 0.3) is 0 Å². The highest BCUT2D eigenvalue weighted by Gasteiger charge is 2.31. The Bertz CT molecular complexity index is 1080. The molecule has 1 saturated carbocycles. The Hall–Kier alpha value is -3.00. The van der Waals surface area contributed by atoms with Gasteiger partial charge >= 0.3 is 0 Å². The zero-order chi connectivity index (χ0) is 21.9. The molecule has 1 aromatic heterocycles. The van der Waals surface area contributed by atoms with Gasteiger partial charge in [0.2, 0.25) is 5.91 Å². The summed E-state index contributed by atoms with van der Waals surface area (Å²) in [5, 5.41) is 9.64. The number of aromatic nitrogens is 3. The van der Waals surface area contributed by atoms with Crippen LogP contribution in [-0.2, 0) is 11.3 Å². The summed E-state index contributed by atoms with van der Waals surface area (Å²) in [4.78, 5) is 14.5. The van der Waals surface area contributed by atoms with Crippen LogP contribution < -0.4 is 9.47 Å². The molecule has 1 fully saturated rings. The smallest absolute Gasteiger partial charge is 0.232 e. The monoisotopic (exact) mass is 450 g/mol. The van der Waals surface area contributed by atoms with Crippen molar-refractivity contribution in [2.45, 2.75) is 36.6 Å². The fraction of sp³-hybridized carbons (Fsp3) is 0.375. The van der Waals surface area contributed by atoms with Crippen molar-refractivity contribution in [2.75, 3.05) is 26.0 Å². The van der Waals surface area contributed by atoms with Gasteiger partial charge in [0.1, 0.15) is 12.4 Å². The summed E-state index contributed by atoms with van der Waals surface area (Å²) in [6.45, 7) is 1.62. The highest BCUT2D eigenvalue weighted by atomic mass is 32.2. The lowest BCUT2D eigenvalue weighted by atomic mass is 10.2. The number of thioether (sulfide) groups is 1. The second-order valence-corrected chi connectivity index (χ2v) is 9.19. The van der Waals surface area contributed by atoms with Crippen molar-refractivity contribution >= 4 is 17.7 Å². The number of hydrogen-bond acceptors (Lipinski definition) is 6. The van der Waals surface area contributed by atoms with E-state index in [2.05, 4.69) is 26.9 Å². The number of nitrogens with zero attached hydrogens (tertiary/aromatic N) is 4. The van der Waals surface area contributed by atoms with Gasteiger partial charge in [-0.2, -0.15) is 0 Å². The van der Waals surface area contributed by atoms with Gasteiger partial charge in [0, 0.05) is 13.0 Å². The molecule has 0 spiro atoms. The molecule has 5 rings (SSSR count). The number of carbonyl (C=O) groups is 1. The van der Waals surface area contributed by atoms with Gasteiger partial charge in [-0.3, -0.25) is 4.79 Å². The van der Waals surface area contributed by atoms with Crippen molar-refractivity contribution in [3.05, 3.63) is 66.0 Å². The summed E-state index contributed by atoms with van der Waals surface area (Å²) in [6.07, 6.45) is 2.13. The Morgan fingerprint density at radius 3 is 2.62 bits per heavy atom. The maximum atomic E-state index is 12.8. The molecule has 2 aromatic carbocycles. The molecule has 1 aliphatic carbocycles. The normalized spacial score (nSPS) is 17.2. The molecule has 7 nitrogen and oxygen atoms in total. The van der Waals surface area contributed by atoms with Crippen LogP contribution in [0, 0.1) is 0 Å². The highest BCUT2D eigenvalue weighted by Crippen LogP contribution is 2.40. The van der Waals surface area contributed by atoms with Crippen molar-refractivity contribution in [3.63, 3.8) is 0 Å². The number of rotatable bonds is 8.